The van der Waals surface area contributed by atoms with Crippen molar-refractivity contribution in [3.63, 3.8) is 0 Å². The Balaban J connectivity index is 2.35. The molecule has 0 radical (unpaired) electrons. The summed E-state index contributed by atoms with van der Waals surface area (Å²) in [6.45, 7) is 1.90. The van der Waals surface area contributed by atoms with Crippen molar-refractivity contribution in [3.8, 4) is 0 Å². The Hall–Kier alpha value is -0.870. The molecule has 0 amide bonds. The molecule has 0 aromatic heterocycles. The molecular formula is C13H19NO2S. The van der Waals surface area contributed by atoms with Crippen LogP contribution in [-0.4, -0.2) is 19.7 Å². The molecule has 1 aromatic carbocycles. The molecule has 3 nitrogen and oxygen atoms in total. The summed E-state index contributed by atoms with van der Waals surface area (Å²) in [5.41, 5.74) is 6.93. The van der Waals surface area contributed by atoms with Crippen LogP contribution in [0.5, 0.6) is 0 Å². The predicted molar refractivity (Wildman–Crippen MR) is 68.6 cm³/mol. The molecule has 0 saturated heterocycles. The first-order valence-corrected chi connectivity index (χ1v) is 7.62. The van der Waals surface area contributed by atoms with E-state index in [4.69, 9.17) is 5.73 Å². The van der Waals surface area contributed by atoms with Crippen molar-refractivity contribution >= 4 is 9.84 Å². The lowest BCUT2D eigenvalue weighted by Crippen LogP contribution is -2.42. The van der Waals surface area contributed by atoms with E-state index in [1.807, 2.05) is 13.0 Å². The summed E-state index contributed by atoms with van der Waals surface area (Å²) in [6, 6.07) is 6.88. The monoisotopic (exact) mass is 253 g/mol. The maximum atomic E-state index is 12.5. The summed E-state index contributed by atoms with van der Waals surface area (Å²) >= 11 is 0. The molecule has 17 heavy (non-hydrogen) atoms. The number of hydrogen-bond donors (Lipinski definition) is 1. The van der Waals surface area contributed by atoms with E-state index in [9.17, 15) is 8.42 Å². The molecular weight excluding hydrogens is 234 g/mol. The molecule has 0 aliphatic heterocycles. The smallest absolute Gasteiger partial charge is 0.182 e. The number of benzene rings is 1. The highest BCUT2D eigenvalue weighted by molar-refractivity contribution is 7.92. The first-order chi connectivity index (χ1) is 8.01. The Bertz CT molecular complexity index is 496. The zero-order valence-electron chi connectivity index (χ0n) is 10.1. The molecule has 0 spiro atoms. The zero-order chi connectivity index (χ0) is 12.5. The van der Waals surface area contributed by atoms with E-state index in [1.54, 1.807) is 18.2 Å². The fourth-order valence-corrected chi connectivity index (χ4v) is 4.52. The molecule has 2 atom stereocenters. The van der Waals surface area contributed by atoms with Gasteiger partial charge in [-0.2, -0.15) is 0 Å². The second-order valence-corrected chi connectivity index (χ2v) is 7.02. The molecule has 4 heteroatoms. The van der Waals surface area contributed by atoms with Crippen LogP contribution in [0.1, 0.15) is 31.2 Å². The fourth-order valence-electron chi connectivity index (χ4n) is 2.48. The van der Waals surface area contributed by atoms with Gasteiger partial charge in [0.1, 0.15) is 0 Å². The summed E-state index contributed by atoms with van der Waals surface area (Å²) in [7, 11) is -3.26. The van der Waals surface area contributed by atoms with Gasteiger partial charge < -0.3 is 5.73 Å². The molecule has 1 aliphatic carbocycles. The van der Waals surface area contributed by atoms with Gasteiger partial charge in [-0.15, -0.1) is 0 Å². The minimum Gasteiger partial charge on any atom is -0.327 e. The molecule has 2 unspecified atom stereocenters. The standard InChI is InChI=1S/C13H19NO2S/c1-10-5-4-6-11(9-10)17(15,16)13-8-3-2-7-12(13)14/h4-6,9,12-13H,2-3,7-8,14H2,1H3. The number of nitrogens with two attached hydrogens (primary N) is 1. The summed E-state index contributed by atoms with van der Waals surface area (Å²) in [5.74, 6) is 0. The van der Waals surface area contributed by atoms with Gasteiger partial charge in [-0.1, -0.05) is 25.0 Å². The van der Waals surface area contributed by atoms with E-state index in [-0.39, 0.29) is 6.04 Å². The normalized spacial score (nSPS) is 25.8. The van der Waals surface area contributed by atoms with Crippen LogP contribution in [0.4, 0.5) is 0 Å². The molecule has 1 fully saturated rings. The average molecular weight is 253 g/mol. The van der Waals surface area contributed by atoms with Gasteiger partial charge in [-0.25, -0.2) is 8.42 Å². The lowest BCUT2D eigenvalue weighted by Gasteiger charge is -2.28. The highest BCUT2D eigenvalue weighted by atomic mass is 32.2. The third-order valence-corrected chi connectivity index (χ3v) is 5.76. The van der Waals surface area contributed by atoms with Gasteiger partial charge >= 0.3 is 0 Å². The average Bonchev–Trinajstić information content (AvgIpc) is 2.29. The number of sulfone groups is 1. The van der Waals surface area contributed by atoms with E-state index in [0.717, 1.165) is 24.8 Å². The summed E-state index contributed by atoms with van der Waals surface area (Å²) in [5, 5.41) is -0.405. The van der Waals surface area contributed by atoms with Crippen LogP contribution in [0, 0.1) is 6.92 Å². The number of hydrogen-bond acceptors (Lipinski definition) is 3. The van der Waals surface area contributed by atoms with Gasteiger partial charge in [0.25, 0.3) is 0 Å². The molecule has 1 aliphatic rings. The van der Waals surface area contributed by atoms with Gasteiger partial charge in [-0.3, -0.25) is 0 Å². The van der Waals surface area contributed by atoms with Crippen LogP contribution in [0.25, 0.3) is 0 Å². The van der Waals surface area contributed by atoms with Crippen LogP contribution >= 0.6 is 0 Å². The van der Waals surface area contributed by atoms with Crippen LogP contribution in [-0.2, 0) is 9.84 Å². The van der Waals surface area contributed by atoms with Crippen molar-refractivity contribution in [2.45, 2.75) is 48.8 Å². The Morgan fingerprint density at radius 3 is 2.59 bits per heavy atom. The first kappa shape index (κ1) is 12.6. The van der Waals surface area contributed by atoms with E-state index in [2.05, 4.69) is 0 Å². The summed E-state index contributed by atoms with van der Waals surface area (Å²) in [6.07, 6.45) is 3.51. The van der Waals surface area contributed by atoms with Crippen molar-refractivity contribution in [1.29, 1.82) is 0 Å². The molecule has 2 N–H and O–H groups in total. The van der Waals surface area contributed by atoms with Gasteiger partial charge in [0.2, 0.25) is 0 Å². The second-order valence-electron chi connectivity index (χ2n) is 4.85. The van der Waals surface area contributed by atoms with E-state index < -0.39 is 15.1 Å². The van der Waals surface area contributed by atoms with Crippen molar-refractivity contribution in [2.75, 3.05) is 0 Å². The molecule has 0 heterocycles. The van der Waals surface area contributed by atoms with Crippen molar-refractivity contribution in [3.05, 3.63) is 29.8 Å². The van der Waals surface area contributed by atoms with Gasteiger partial charge in [0.15, 0.2) is 9.84 Å². The maximum absolute atomic E-state index is 12.5. The first-order valence-electron chi connectivity index (χ1n) is 6.08. The van der Waals surface area contributed by atoms with Crippen molar-refractivity contribution in [1.82, 2.24) is 0 Å². The summed E-state index contributed by atoms with van der Waals surface area (Å²) in [4.78, 5) is 0.417. The van der Waals surface area contributed by atoms with Gasteiger partial charge in [0, 0.05) is 6.04 Å². The topological polar surface area (TPSA) is 60.2 Å². The molecule has 2 rings (SSSR count). The summed E-state index contributed by atoms with van der Waals surface area (Å²) < 4.78 is 24.9. The maximum Gasteiger partial charge on any atom is 0.182 e. The molecule has 0 bridgehead atoms. The van der Waals surface area contributed by atoms with Gasteiger partial charge in [0.05, 0.1) is 10.1 Å². The number of aryl methyl sites for hydroxylation is 1. The zero-order valence-corrected chi connectivity index (χ0v) is 10.9. The highest BCUT2D eigenvalue weighted by Gasteiger charge is 2.34. The van der Waals surface area contributed by atoms with Crippen LogP contribution in [0.2, 0.25) is 0 Å². The minimum absolute atomic E-state index is 0.214. The second kappa shape index (κ2) is 4.78. The lowest BCUT2D eigenvalue weighted by atomic mass is 9.96. The van der Waals surface area contributed by atoms with E-state index in [1.165, 1.54) is 0 Å². The van der Waals surface area contributed by atoms with Gasteiger partial charge in [-0.05, 0) is 37.5 Å². The number of rotatable bonds is 2. The lowest BCUT2D eigenvalue weighted by molar-refractivity contribution is 0.432. The van der Waals surface area contributed by atoms with Crippen molar-refractivity contribution in [2.24, 2.45) is 5.73 Å². The Kier molecular flexibility index (Phi) is 3.54. The third kappa shape index (κ3) is 2.53. The molecule has 1 saturated carbocycles. The van der Waals surface area contributed by atoms with E-state index >= 15 is 0 Å². The van der Waals surface area contributed by atoms with Crippen LogP contribution in [0.3, 0.4) is 0 Å². The minimum atomic E-state index is -3.26. The van der Waals surface area contributed by atoms with E-state index in [0.29, 0.717) is 11.3 Å². The SMILES string of the molecule is Cc1cccc(S(=O)(=O)C2CCCCC2N)c1. The quantitative estimate of drug-likeness (QED) is 0.877. The van der Waals surface area contributed by atoms with Crippen LogP contribution < -0.4 is 5.73 Å². The fraction of sp³-hybridized carbons (Fsp3) is 0.538. The molecule has 1 aromatic rings. The third-order valence-electron chi connectivity index (χ3n) is 3.47. The van der Waals surface area contributed by atoms with Crippen molar-refractivity contribution < 1.29 is 8.42 Å². The highest BCUT2D eigenvalue weighted by Crippen LogP contribution is 2.28. The largest absolute Gasteiger partial charge is 0.327 e. The Morgan fingerprint density at radius 2 is 1.94 bits per heavy atom. The van der Waals surface area contributed by atoms with Crippen LogP contribution in [0.15, 0.2) is 29.2 Å². The Morgan fingerprint density at radius 1 is 1.24 bits per heavy atom. The Labute approximate surface area is 103 Å². The molecule has 94 valence electrons. The predicted octanol–water partition coefficient (Wildman–Crippen LogP) is 2.04.